The molecule has 6 rings (SSSR count). The first-order valence-electron chi connectivity index (χ1n) is 14.3. The molecule has 4 aromatic rings. The number of hydrogen-bond donors (Lipinski definition) is 1. The molecule has 1 saturated carbocycles. The number of ether oxygens (including phenoxy) is 1. The van der Waals surface area contributed by atoms with Crippen molar-refractivity contribution in [3.63, 3.8) is 0 Å². The maximum absolute atomic E-state index is 13.2. The number of amides is 2. The van der Waals surface area contributed by atoms with E-state index in [1.165, 1.54) is 4.90 Å². The normalized spacial score (nSPS) is 18.6. The van der Waals surface area contributed by atoms with E-state index in [0.717, 1.165) is 61.9 Å². The number of unbranched alkanes of at least 4 members (excludes halogenated alkanes) is 1. The van der Waals surface area contributed by atoms with Crippen LogP contribution in [-0.2, 0) is 22.6 Å². The summed E-state index contributed by atoms with van der Waals surface area (Å²) in [5.41, 5.74) is 4.44. The molecule has 1 aliphatic heterocycles. The van der Waals surface area contributed by atoms with E-state index in [1.807, 2.05) is 42.5 Å². The van der Waals surface area contributed by atoms with Gasteiger partial charge in [-0.15, -0.1) is 0 Å². The van der Waals surface area contributed by atoms with Gasteiger partial charge in [0.15, 0.2) is 5.65 Å². The van der Waals surface area contributed by atoms with Gasteiger partial charge in [0.2, 0.25) is 11.8 Å². The van der Waals surface area contributed by atoms with Crippen LogP contribution >= 0.6 is 0 Å². The molecule has 1 saturated heterocycles. The van der Waals surface area contributed by atoms with Crippen molar-refractivity contribution in [3.8, 4) is 16.9 Å². The van der Waals surface area contributed by atoms with Crippen molar-refractivity contribution in [2.45, 2.75) is 58.4 Å². The molecule has 2 aromatic heterocycles. The van der Waals surface area contributed by atoms with E-state index in [2.05, 4.69) is 11.5 Å². The van der Waals surface area contributed by atoms with Crippen LogP contribution in [0.1, 0.15) is 56.8 Å². The molecule has 1 N–H and O–H groups in total. The van der Waals surface area contributed by atoms with Crippen LogP contribution in [0, 0.1) is 11.8 Å². The smallest absolute Gasteiger partial charge is 0.449 e. The third-order valence-corrected chi connectivity index (χ3v) is 8.19. The van der Waals surface area contributed by atoms with Gasteiger partial charge in [0, 0.05) is 12.0 Å². The molecule has 3 heterocycles. The van der Waals surface area contributed by atoms with Gasteiger partial charge < -0.3 is 14.4 Å². The molecule has 2 aromatic carbocycles. The molecular formula is C32H32N4O5. The molecule has 210 valence electrons. The van der Waals surface area contributed by atoms with E-state index < -0.39 is 6.16 Å². The first-order chi connectivity index (χ1) is 19.9. The van der Waals surface area contributed by atoms with E-state index in [4.69, 9.17) is 19.8 Å². The predicted molar refractivity (Wildman–Crippen MR) is 154 cm³/mol. The zero-order chi connectivity index (χ0) is 28.5. The van der Waals surface area contributed by atoms with E-state index in [-0.39, 0.29) is 29.4 Å². The summed E-state index contributed by atoms with van der Waals surface area (Å²) in [7, 11) is 0. The van der Waals surface area contributed by atoms with Gasteiger partial charge in [-0.25, -0.2) is 19.7 Å². The number of rotatable bonds is 8. The first-order valence-corrected chi connectivity index (χ1v) is 14.3. The van der Waals surface area contributed by atoms with E-state index >= 15 is 0 Å². The second-order valence-corrected chi connectivity index (χ2v) is 10.8. The SMILES string of the molecule is CCCCc1nc2cc(N3C(=O)C4CCCCC4C3=O)cnc2n1Cc1ccc(-c2ccccc2OC(=O)O)cc1. The average Bonchev–Trinajstić information content (AvgIpc) is 3.45. The second kappa shape index (κ2) is 11.2. The van der Waals surface area contributed by atoms with Crippen molar-refractivity contribution in [2.75, 3.05) is 4.90 Å². The quantitative estimate of drug-likeness (QED) is 0.157. The number of hydrogen-bond acceptors (Lipinski definition) is 6. The Morgan fingerprint density at radius 1 is 1.02 bits per heavy atom. The van der Waals surface area contributed by atoms with Gasteiger partial charge in [0.1, 0.15) is 17.1 Å². The van der Waals surface area contributed by atoms with Crippen LogP contribution in [0.25, 0.3) is 22.3 Å². The molecule has 0 spiro atoms. The number of aromatic nitrogens is 3. The third-order valence-electron chi connectivity index (χ3n) is 8.19. The van der Waals surface area contributed by atoms with Crippen molar-refractivity contribution in [1.82, 2.24) is 14.5 Å². The van der Waals surface area contributed by atoms with Gasteiger partial charge in [0.25, 0.3) is 0 Å². The summed E-state index contributed by atoms with van der Waals surface area (Å²) >= 11 is 0. The number of fused-ring (bicyclic) bond motifs is 2. The first kappa shape index (κ1) is 26.7. The maximum atomic E-state index is 13.2. The average molecular weight is 553 g/mol. The predicted octanol–water partition coefficient (Wildman–Crippen LogP) is 6.23. The lowest BCUT2D eigenvalue weighted by atomic mass is 9.81. The maximum Gasteiger partial charge on any atom is 0.511 e. The molecule has 2 atom stereocenters. The van der Waals surface area contributed by atoms with Crippen molar-refractivity contribution in [1.29, 1.82) is 0 Å². The second-order valence-electron chi connectivity index (χ2n) is 10.8. The number of pyridine rings is 1. The molecule has 2 amide bonds. The number of carboxylic acid groups (broad SMARTS) is 1. The Morgan fingerprint density at radius 2 is 1.73 bits per heavy atom. The fraction of sp³-hybridized carbons (Fsp3) is 0.344. The molecule has 2 fully saturated rings. The lowest BCUT2D eigenvalue weighted by Crippen LogP contribution is -2.30. The number of carbonyl (C=O) groups is 3. The molecule has 9 nitrogen and oxygen atoms in total. The number of benzene rings is 2. The van der Waals surface area contributed by atoms with Crippen molar-refractivity contribution in [3.05, 3.63) is 72.2 Å². The number of aryl methyl sites for hydroxylation is 1. The Morgan fingerprint density at radius 3 is 2.41 bits per heavy atom. The van der Waals surface area contributed by atoms with Crippen LogP contribution < -0.4 is 9.64 Å². The van der Waals surface area contributed by atoms with Crippen LogP contribution in [0.15, 0.2) is 60.8 Å². The molecule has 0 bridgehead atoms. The summed E-state index contributed by atoms with van der Waals surface area (Å²) < 4.78 is 7.05. The number of imidazole rings is 1. The molecule has 1 aliphatic carbocycles. The summed E-state index contributed by atoms with van der Waals surface area (Å²) in [5, 5.41) is 9.08. The highest BCUT2D eigenvalue weighted by Gasteiger charge is 2.48. The number of carbonyl (C=O) groups excluding carboxylic acids is 2. The van der Waals surface area contributed by atoms with Crippen molar-refractivity contribution < 1.29 is 24.2 Å². The number of anilines is 1. The van der Waals surface area contributed by atoms with Crippen molar-refractivity contribution in [2.24, 2.45) is 11.8 Å². The Balaban J connectivity index is 1.30. The van der Waals surface area contributed by atoms with Gasteiger partial charge in [0.05, 0.1) is 30.3 Å². The van der Waals surface area contributed by atoms with Gasteiger partial charge >= 0.3 is 6.16 Å². The standard InChI is InChI=1S/C32H32N4O5/c1-2-3-12-28-34-26-17-22(36-30(37)24-9-4-5-10-25(24)31(36)38)18-33-29(26)35(28)19-20-13-15-21(16-14-20)23-8-6-7-11-27(23)41-32(39)40/h6-8,11,13-18,24-25H,2-5,9-10,12,19H2,1H3,(H,39,40). The monoisotopic (exact) mass is 552 g/mol. The summed E-state index contributed by atoms with van der Waals surface area (Å²) in [6, 6.07) is 16.7. The van der Waals surface area contributed by atoms with Crippen LogP contribution in [0.4, 0.5) is 10.5 Å². The molecule has 41 heavy (non-hydrogen) atoms. The summed E-state index contributed by atoms with van der Waals surface area (Å²) in [5.74, 6) is 0.544. The van der Waals surface area contributed by atoms with Crippen LogP contribution in [0.5, 0.6) is 5.75 Å². The van der Waals surface area contributed by atoms with E-state index in [9.17, 15) is 14.4 Å². The van der Waals surface area contributed by atoms with E-state index in [1.54, 1.807) is 18.3 Å². The zero-order valence-corrected chi connectivity index (χ0v) is 23.0. The minimum atomic E-state index is -1.35. The highest BCUT2D eigenvalue weighted by Crippen LogP contribution is 2.40. The minimum absolute atomic E-state index is 0.109. The van der Waals surface area contributed by atoms with Crippen LogP contribution in [0.2, 0.25) is 0 Å². The lowest BCUT2D eigenvalue weighted by Gasteiger charge is -2.19. The molecular weight excluding hydrogens is 520 g/mol. The van der Waals surface area contributed by atoms with Crippen LogP contribution in [0.3, 0.4) is 0 Å². The summed E-state index contributed by atoms with van der Waals surface area (Å²) in [6.07, 6.45) is 6.57. The Kier molecular flexibility index (Phi) is 7.26. The van der Waals surface area contributed by atoms with Gasteiger partial charge in [-0.1, -0.05) is 68.7 Å². The third kappa shape index (κ3) is 5.08. The summed E-state index contributed by atoms with van der Waals surface area (Å²) in [4.78, 5) is 48.4. The zero-order valence-electron chi connectivity index (χ0n) is 23.0. The van der Waals surface area contributed by atoms with Gasteiger partial charge in [-0.3, -0.25) is 9.59 Å². The number of para-hydroxylation sites is 1. The minimum Gasteiger partial charge on any atom is -0.449 e. The Hall–Kier alpha value is -4.53. The largest absolute Gasteiger partial charge is 0.511 e. The molecule has 0 radical (unpaired) electrons. The van der Waals surface area contributed by atoms with Gasteiger partial charge in [-0.05, 0) is 42.5 Å². The topological polar surface area (TPSA) is 115 Å². The Bertz CT molecular complexity index is 1600. The number of nitrogens with zero attached hydrogens (tertiary/aromatic N) is 4. The molecule has 9 heteroatoms. The fourth-order valence-corrected chi connectivity index (χ4v) is 6.14. The lowest BCUT2D eigenvalue weighted by molar-refractivity contribution is -0.122. The number of imide groups is 1. The van der Waals surface area contributed by atoms with Crippen LogP contribution in [-0.4, -0.2) is 37.6 Å². The molecule has 2 aliphatic rings. The highest BCUT2D eigenvalue weighted by atomic mass is 16.7. The van der Waals surface area contributed by atoms with Gasteiger partial charge in [-0.2, -0.15) is 0 Å². The van der Waals surface area contributed by atoms with E-state index in [0.29, 0.717) is 29.0 Å². The highest BCUT2D eigenvalue weighted by molar-refractivity contribution is 6.22. The molecule has 2 unspecified atom stereocenters. The summed E-state index contributed by atoms with van der Waals surface area (Å²) in [6.45, 7) is 2.68. The Labute approximate surface area is 237 Å². The van der Waals surface area contributed by atoms with Crippen molar-refractivity contribution >= 4 is 34.8 Å². The fourth-order valence-electron chi connectivity index (χ4n) is 6.14.